The van der Waals surface area contributed by atoms with Gasteiger partial charge in [-0.15, -0.1) is 0 Å². The molecule has 3 aromatic rings. The van der Waals surface area contributed by atoms with Crippen LogP contribution >= 0.6 is 11.8 Å². The van der Waals surface area contributed by atoms with Crippen LogP contribution in [0.15, 0.2) is 88.7 Å². The van der Waals surface area contributed by atoms with E-state index in [1.807, 2.05) is 30.3 Å². The smallest absolute Gasteiger partial charge is 0.272 e. The van der Waals surface area contributed by atoms with E-state index in [0.29, 0.717) is 33.2 Å². The summed E-state index contributed by atoms with van der Waals surface area (Å²) >= 11 is 1.26. The number of carbonyl (C=O) groups excluding carboxylic acids is 3. The summed E-state index contributed by atoms with van der Waals surface area (Å²) in [5.74, 6) is -0.329. The Morgan fingerprint density at radius 2 is 1.53 bits per heavy atom. The van der Waals surface area contributed by atoms with Crippen molar-refractivity contribution in [1.82, 2.24) is 0 Å². The second kappa shape index (κ2) is 9.11. The van der Waals surface area contributed by atoms with E-state index in [2.05, 4.69) is 5.32 Å². The van der Waals surface area contributed by atoms with Gasteiger partial charge in [0, 0.05) is 17.5 Å². The van der Waals surface area contributed by atoms with Crippen molar-refractivity contribution in [2.75, 3.05) is 17.3 Å². The molecular formula is C25H20N2O4S. The number of anilines is 2. The number of nitrogens with zero attached hydrogens (tertiary/aromatic N) is 1. The molecule has 0 radical (unpaired) electrons. The van der Waals surface area contributed by atoms with Gasteiger partial charge in [-0.25, -0.2) is 4.90 Å². The largest absolute Gasteiger partial charge is 0.497 e. The minimum Gasteiger partial charge on any atom is -0.497 e. The zero-order valence-corrected chi connectivity index (χ0v) is 18.3. The van der Waals surface area contributed by atoms with Crippen LogP contribution in [0, 0.1) is 0 Å². The molecule has 32 heavy (non-hydrogen) atoms. The fourth-order valence-electron chi connectivity index (χ4n) is 3.35. The molecule has 0 spiro atoms. The predicted octanol–water partition coefficient (Wildman–Crippen LogP) is 4.73. The molecular weight excluding hydrogens is 424 g/mol. The normalized spacial score (nSPS) is 13.5. The van der Waals surface area contributed by atoms with Crippen molar-refractivity contribution < 1.29 is 19.1 Å². The van der Waals surface area contributed by atoms with Crippen LogP contribution in [0.1, 0.15) is 12.5 Å². The summed E-state index contributed by atoms with van der Waals surface area (Å²) in [4.78, 5) is 40.6. The summed E-state index contributed by atoms with van der Waals surface area (Å²) in [6, 6.07) is 23.1. The zero-order valence-electron chi connectivity index (χ0n) is 17.5. The molecule has 0 bridgehead atoms. The monoisotopic (exact) mass is 444 g/mol. The van der Waals surface area contributed by atoms with E-state index in [0.717, 1.165) is 4.90 Å². The highest BCUT2D eigenvalue weighted by Gasteiger charge is 2.40. The maximum Gasteiger partial charge on any atom is 0.272 e. The van der Waals surface area contributed by atoms with Crippen molar-refractivity contribution in [2.45, 2.75) is 11.8 Å². The van der Waals surface area contributed by atoms with Gasteiger partial charge in [-0.3, -0.25) is 14.4 Å². The first-order valence-corrected chi connectivity index (χ1v) is 10.7. The number of ether oxygens (including phenoxy) is 1. The van der Waals surface area contributed by atoms with Crippen molar-refractivity contribution in [3.05, 3.63) is 89.3 Å². The number of carbonyl (C=O) groups is 3. The van der Waals surface area contributed by atoms with Gasteiger partial charge in [-0.2, -0.15) is 0 Å². The van der Waals surface area contributed by atoms with Crippen LogP contribution in [0.4, 0.5) is 11.4 Å². The maximum atomic E-state index is 13.5. The first-order valence-electron chi connectivity index (χ1n) is 9.86. The third kappa shape index (κ3) is 4.29. The van der Waals surface area contributed by atoms with Crippen molar-refractivity contribution in [3.63, 3.8) is 0 Å². The fraction of sp³-hybridized carbons (Fsp3) is 0.0800. The third-order valence-electron chi connectivity index (χ3n) is 4.83. The van der Waals surface area contributed by atoms with Crippen LogP contribution in [0.2, 0.25) is 0 Å². The van der Waals surface area contributed by atoms with Gasteiger partial charge in [0.05, 0.1) is 23.3 Å². The maximum absolute atomic E-state index is 13.5. The zero-order chi connectivity index (χ0) is 22.7. The summed E-state index contributed by atoms with van der Waals surface area (Å²) in [7, 11) is 1.56. The Hall–Kier alpha value is -3.84. The van der Waals surface area contributed by atoms with E-state index in [-0.39, 0.29) is 11.8 Å². The molecule has 3 amide bonds. The number of thioether (sulfide) groups is 1. The number of benzene rings is 3. The van der Waals surface area contributed by atoms with Crippen LogP contribution < -0.4 is 15.0 Å². The highest BCUT2D eigenvalue weighted by atomic mass is 32.2. The van der Waals surface area contributed by atoms with E-state index < -0.39 is 5.91 Å². The third-order valence-corrected chi connectivity index (χ3v) is 5.92. The molecule has 0 saturated carbocycles. The highest BCUT2D eigenvalue weighted by molar-refractivity contribution is 8.04. The number of hydrogen-bond acceptors (Lipinski definition) is 5. The predicted molar refractivity (Wildman–Crippen MR) is 125 cm³/mol. The quantitative estimate of drug-likeness (QED) is 0.557. The Labute approximate surface area is 189 Å². The van der Waals surface area contributed by atoms with Crippen molar-refractivity contribution >= 4 is 46.4 Å². The number of rotatable bonds is 6. The lowest BCUT2D eigenvalue weighted by Crippen LogP contribution is -2.31. The molecule has 1 aliphatic heterocycles. The second-order valence-electron chi connectivity index (χ2n) is 7.02. The highest BCUT2D eigenvalue weighted by Crippen LogP contribution is 2.41. The lowest BCUT2D eigenvalue weighted by molar-refractivity contribution is -0.120. The molecule has 0 atom stereocenters. The first-order chi connectivity index (χ1) is 15.5. The van der Waals surface area contributed by atoms with Crippen molar-refractivity contribution in [3.8, 4) is 5.75 Å². The van der Waals surface area contributed by atoms with Gasteiger partial charge < -0.3 is 10.1 Å². The molecule has 0 aliphatic carbocycles. The van der Waals surface area contributed by atoms with Gasteiger partial charge in [0.1, 0.15) is 5.75 Å². The molecule has 4 rings (SSSR count). The molecule has 1 aliphatic rings. The lowest BCUT2D eigenvalue weighted by atomic mass is 10.1. The summed E-state index contributed by atoms with van der Waals surface area (Å²) in [6.07, 6.45) is 0. The van der Waals surface area contributed by atoms with E-state index >= 15 is 0 Å². The summed E-state index contributed by atoms with van der Waals surface area (Å²) in [6.45, 7) is 1.43. The Balaban J connectivity index is 1.76. The molecule has 0 aromatic heterocycles. The van der Waals surface area contributed by atoms with Gasteiger partial charge in [0.2, 0.25) is 5.91 Å². The average Bonchev–Trinajstić information content (AvgIpc) is 3.04. The molecule has 3 aromatic carbocycles. The SMILES string of the molecule is COc1ccc(N2C(=O)C(Sc3ccccc3)=C(c3ccc(NC(C)=O)cc3)C2=O)cc1. The first kappa shape index (κ1) is 21.4. The van der Waals surface area contributed by atoms with E-state index in [1.165, 1.54) is 23.6 Å². The summed E-state index contributed by atoms with van der Waals surface area (Å²) in [5, 5.41) is 2.70. The van der Waals surface area contributed by atoms with Crippen LogP contribution in [0.3, 0.4) is 0 Å². The molecule has 0 fully saturated rings. The molecule has 1 N–H and O–H groups in total. The lowest BCUT2D eigenvalue weighted by Gasteiger charge is -2.15. The van der Waals surface area contributed by atoms with Crippen LogP contribution in [0.25, 0.3) is 5.57 Å². The van der Waals surface area contributed by atoms with Crippen molar-refractivity contribution in [1.29, 1.82) is 0 Å². The van der Waals surface area contributed by atoms with E-state index in [9.17, 15) is 14.4 Å². The molecule has 6 nitrogen and oxygen atoms in total. The van der Waals surface area contributed by atoms with Crippen LogP contribution in [-0.4, -0.2) is 24.8 Å². The summed E-state index contributed by atoms with van der Waals surface area (Å²) < 4.78 is 5.18. The number of imide groups is 1. The standard InChI is InChI=1S/C25H20N2O4S/c1-16(28)26-18-10-8-17(9-11-18)22-23(32-21-6-4-3-5-7-21)25(30)27(24(22)29)19-12-14-20(31-2)15-13-19/h3-15H,1-2H3,(H,26,28). The number of methoxy groups -OCH3 is 1. The Bertz CT molecular complexity index is 1200. The van der Waals surface area contributed by atoms with Gasteiger partial charge >= 0.3 is 0 Å². The fourth-order valence-corrected chi connectivity index (χ4v) is 4.37. The second-order valence-corrected chi connectivity index (χ2v) is 8.11. The van der Waals surface area contributed by atoms with Crippen LogP contribution in [0.5, 0.6) is 5.75 Å². The van der Waals surface area contributed by atoms with Crippen LogP contribution in [-0.2, 0) is 14.4 Å². The van der Waals surface area contributed by atoms with Gasteiger partial charge in [0.15, 0.2) is 0 Å². The molecule has 1 heterocycles. The number of amides is 3. The minimum absolute atomic E-state index is 0.185. The van der Waals surface area contributed by atoms with Gasteiger partial charge in [0.25, 0.3) is 11.8 Å². The topological polar surface area (TPSA) is 75.7 Å². The molecule has 160 valence electrons. The number of hydrogen-bond donors (Lipinski definition) is 1. The van der Waals surface area contributed by atoms with E-state index in [1.54, 1.807) is 55.6 Å². The molecule has 7 heteroatoms. The summed E-state index contributed by atoms with van der Waals surface area (Å²) in [5.41, 5.74) is 2.01. The van der Waals surface area contributed by atoms with Gasteiger partial charge in [-0.1, -0.05) is 42.1 Å². The number of nitrogens with one attached hydrogen (secondary N) is 1. The molecule has 0 saturated heterocycles. The van der Waals surface area contributed by atoms with Crippen molar-refractivity contribution in [2.24, 2.45) is 0 Å². The molecule has 0 unspecified atom stereocenters. The Morgan fingerprint density at radius 1 is 0.875 bits per heavy atom. The average molecular weight is 445 g/mol. The Kier molecular flexibility index (Phi) is 6.09. The minimum atomic E-state index is -0.397. The Morgan fingerprint density at radius 3 is 2.12 bits per heavy atom. The van der Waals surface area contributed by atoms with E-state index in [4.69, 9.17) is 4.74 Å². The van der Waals surface area contributed by atoms with Gasteiger partial charge in [-0.05, 0) is 54.1 Å².